The van der Waals surface area contributed by atoms with Crippen molar-refractivity contribution in [3.8, 4) is 0 Å². The number of hydrogen-bond acceptors (Lipinski definition) is 6. The lowest BCUT2D eigenvalue weighted by Crippen LogP contribution is -2.23. The molecule has 0 aliphatic rings. The molecule has 1 aromatic heterocycles. The van der Waals surface area contributed by atoms with Gasteiger partial charge in [-0.3, -0.25) is 19.7 Å². The van der Waals surface area contributed by atoms with Gasteiger partial charge in [-0.2, -0.15) is 4.99 Å². The maximum absolute atomic E-state index is 12.7. The van der Waals surface area contributed by atoms with E-state index in [1.807, 2.05) is 0 Å². The highest BCUT2D eigenvalue weighted by Gasteiger charge is 2.16. The minimum atomic E-state index is -0.650. The van der Waals surface area contributed by atoms with Crippen molar-refractivity contribution < 1.29 is 19.2 Å². The molecular weight excluding hydrogens is 418 g/mol. The first kappa shape index (κ1) is 20.7. The van der Waals surface area contributed by atoms with Gasteiger partial charge in [0.05, 0.1) is 21.7 Å². The second-order valence-corrected chi connectivity index (χ2v) is 7.51. The number of nitro groups is 1. The zero-order valence-corrected chi connectivity index (χ0v) is 17.1. The highest BCUT2D eigenvalue weighted by molar-refractivity contribution is 7.16. The standard InChI is InChI=1S/C19H16ClN3O5S/c1-3-28-17(24)10-22-14-7-6-13(20)9-16(14)29-19(22)21-18(25)12-5-4-11(2)15(8-12)23(26)27/h4-9H,3,10H2,1-2H3. The molecule has 0 saturated heterocycles. The fraction of sp³-hybridized carbons (Fsp3) is 0.211. The van der Waals surface area contributed by atoms with Crippen LogP contribution < -0.4 is 4.80 Å². The van der Waals surface area contributed by atoms with Crippen LogP contribution in [0.2, 0.25) is 5.02 Å². The Morgan fingerprint density at radius 2 is 2.03 bits per heavy atom. The van der Waals surface area contributed by atoms with E-state index in [-0.39, 0.29) is 29.2 Å². The number of benzene rings is 2. The topological polar surface area (TPSA) is 104 Å². The zero-order chi connectivity index (χ0) is 21.1. The lowest BCUT2D eigenvalue weighted by molar-refractivity contribution is -0.385. The van der Waals surface area contributed by atoms with Crippen LogP contribution in [-0.4, -0.2) is 28.0 Å². The molecule has 0 unspecified atom stereocenters. The monoisotopic (exact) mass is 433 g/mol. The Morgan fingerprint density at radius 3 is 2.72 bits per heavy atom. The summed E-state index contributed by atoms with van der Waals surface area (Å²) in [6, 6.07) is 9.29. The van der Waals surface area contributed by atoms with Gasteiger partial charge in [0.2, 0.25) is 0 Å². The van der Waals surface area contributed by atoms with Crippen molar-refractivity contribution in [2.45, 2.75) is 20.4 Å². The van der Waals surface area contributed by atoms with Crippen molar-refractivity contribution >= 4 is 50.7 Å². The van der Waals surface area contributed by atoms with Crippen molar-refractivity contribution in [2.75, 3.05) is 6.61 Å². The third kappa shape index (κ3) is 4.52. The Morgan fingerprint density at radius 1 is 1.28 bits per heavy atom. The number of rotatable bonds is 5. The van der Waals surface area contributed by atoms with Crippen LogP contribution in [0.3, 0.4) is 0 Å². The fourth-order valence-corrected chi connectivity index (χ4v) is 4.02. The van der Waals surface area contributed by atoms with Crippen LogP contribution in [-0.2, 0) is 16.1 Å². The van der Waals surface area contributed by atoms with E-state index in [0.29, 0.717) is 16.1 Å². The summed E-state index contributed by atoms with van der Waals surface area (Å²) >= 11 is 7.23. The molecule has 1 heterocycles. The molecule has 0 spiro atoms. The average Bonchev–Trinajstić information content (AvgIpc) is 2.98. The van der Waals surface area contributed by atoms with Gasteiger partial charge in [0.1, 0.15) is 6.54 Å². The predicted octanol–water partition coefficient (Wildman–Crippen LogP) is 3.88. The number of esters is 1. The minimum Gasteiger partial charge on any atom is -0.465 e. The molecule has 0 radical (unpaired) electrons. The van der Waals surface area contributed by atoms with E-state index in [1.54, 1.807) is 36.6 Å². The molecule has 3 rings (SSSR count). The SMILES string of the molecule is CCOC(=O)Cn1c(=NC(=O)c2ccc(C)c([N+](=O)[O-])c2)sc2cc(Cl)ccc21. The van der Waals surface area contributed by atoms with E-state index in [9.17, 15) is 19.7 Å². The van der Waals surface area contributed by atoms with Crippen LogP contribution in [0, 0.1) is 17.0 Å². The number of carbonyl (C=O) groups is 2. The summed E-state index contributed by atoms with van der Waals surface area (Å²) < 4.78 is 7.31. The highest BCUT2D eigenvalue weighted by Crippen LogP contribution is 2.23. The van der Waals surface area contributed by atoms with E-state index in [0.717, 1.165) is 4.70 Å². The fourth-order valence-electron chi connectivity index (χ4n) is 2.71. The van der Waals surface area contributed by atoms with Crippen molar-refractivity contribution in [3.63, 3.8) is 0 Å². The Labute approximate surface area is 174 Å². The summed E-state index contributed by atoms with van der Waals surface area (Å²) in [6.45, 7) is 3.39. The number of nitrogens with zero attached hydrogens (tertiary/aromatic N) is 3. The predicted molar refractivity (Wildman–Crippen MR) is 109 cm³/mol. The third-order valence-electron chi connectivity index (χ3n) is 4.09. The molecule has 0 saturated carbocycles. The summed E-state index contributed by atoms with van der Waals surface area (Å²) in [7, 11) is 0. The first-order chi connectivity index (χ1) is 13.8. The van der Waals surface area contributed by atoms with E-state index in [4.69, 9.17) is 16.3 Å². The summed E-state index contributed by atoms with van der Waals surface area (Å²) in [5.74, 6) is -1.12. The molecule has 1 amide bonds. The number of hydrogen-bond donors (Lipinski definition) is 0. The van der Waals surface area contributed by atoms with Crippen LogP contribution in [0.4, 0.5) is 5.69 Å². The van der Waals surface area contributed by atoms with Gasteiger partial charge in [-0.25, -0.2) is 0 Å². The first-order valence-electron chi connectivity index (χ1n) is 8.58. The first-order valence-corrected chi connectivity index (χ1v) is 9.78. The Kier molecular flexibility index (Phi) is 6.09. The molecule has 2 aromatic carbocycles. The number of carbonyl (C=O) groups excluding carboxylic acids is 2. The molecule has 0 atom stereocenters. The molecule has 10 heteroatoms. The number of halogens is 1. The van der Waals surface area contributed by atoms with Gasteiger partial charge >= 0.3 is 5.97 Å². The van der Waals surface area contributed by atoms with Crippen LogP contribution >= 0.6 is 22.9 Å². The average molecular weight is 434 g/mol. The summed E-state index contributed by atoms with van der Waals surface area (Å²) in [4.78, 5) is 39.7. The highest BCUT2D eigenvalue weighted by atomic mass is 35.5. The lowest BCUT2D eigenvalue weighted by Gasteiger charge is -2.05. The number of thiazole rings is 1. The van der Waals surface area contributed by atoms with Gasteiger partial charge in [0.25, 0.3) is 11.6 Å². The molecule has 150 valence electrons. The number of aryl methyl sites for hydroxylation is 1. The maximum Gasteiger partial charge on any atom is 0.326 e. The van der Waals surface area contributed by atoms with Crippen LogP contribution in [0.25, 0.3) is 10.2 Å². The quantitative estimate of drug-likeness (QED) is 0.345. The van der Waals surface area contributed by atoms with Gasteiger partial charge in [0.15, 0.2) is 4.80 Å². The molecular formula is C19H16ClN3O5S. The van der Waals surface area contributed by atoms with E-state index >= 15 is 0 Å². The Balaban J connectivity index is 2.11. The summed E-state index contributed by atoms with van der Waals surface area (Å²) in [6.07, 6.45) is 0. The molecule has 8 nitrogen and oxygen atoms in total. The molecule has 0 bridgehead atoms. The number of fused-ring (bicyclic) bond motifs is 1. The number of ether oxygens (including phenoxy) is 1. The molecule has 29 heavy (non-hydrogen) atoms. The van der Waals surface area contributed by atoms with Gasteiger partial charge in [-0.05, 0) is 38.1 Å². The summed E-state index contributed by atoms with van der Waals surface area (Å²) in [5, 5.41) is 11.6. The molecule has 3 aromatic rings. The van der Waals surface area contributed by atoms with E-state index < -0.39 is 16.8 Å². The van der Waals surface area contributed by atoms with Gasteiger partial charge in [-0.1, -0.05) is 29.0 Å². The normalized spacial score (nSPS) is 11.6. The van der Waals surface area contributed by atoms with E-state index in [1.165, 1.54) is 29.5 Å². The number of amides is 1. The smallest absolute Gasteiger partial charge is 0.326 e. The number of nitro benzene ring substituents is 1. The van der Waals surface area contributed by atoms with Gasteiger partial charge in [-0.15, -0.1) is 0 Å². The third-order valence-corrected chi connectivity index (χ3v) is 5.36. The van der Waals surface area contributed by atoms with Crippen molar-refractivity contribution in [3.05, 3.63) is 67.5 Å². The maximum atomic E-state index is 12.7. The van der Waals surface area contributed by atoms with Crippen LogP contribution in [0.15, 0.2) is 41.4 Å². The lowest BCUT2D eigenvalue weighted by atomic mass is 10.1. The second kappa shape index (κ2) is 8.54. The summed E-state index contributed by atoms with van der Waals surface area (Å²) in [5.41, 5.74) is 1.04. The number of aromatic nitrogens is 1. The Bertz CT molecular complexity index is 1200. The largest absolute Gasteiger partial charge is 0.465 e. The molecule has 0 aliphatic heterocycles. The molecule has 0 aliphatic carbocycles. The second-order valence-electron chi connectivity index (χ2n) is 6.06. The van der Waals surface area contributed by atoms with Gasteiger partial charge < -0.3 is 9.30 Å². The van der Waals surface area contributed by atoms with Gasteiger partial charge in [0, 0.05) is 22.2 Å². The van der Waals surface area contributed by atoms with Crippen LogP contribution in [0.5, 0.6) is 0 Å². The van der Waals surface area contributed by atoms with Crippen LogP contribution in [0.1, 0.15) is 22.8 Å². The molecule has 0 N–H and O–H groups in total. The Hall–Kier alpha value is -3.04. The van der Waals surface area contributed by atoms with E-state index in [2.05, 4.69) is 4.99 Å². The minimum absolute atomic E-state index is 0.0838. The van der Waals surface area contributed by atoms with Crippen molar-refractivity contribution in [1.82, 2.24) is 4.57 Å². The zero-order valence-electron chi connectivity index (χ0n) is 15.5. The van der Waals surface area contributed by atoms with Crippen molar-refractivity contribution in [2.24, 2.45) is 4.99 Å². The molecule has 0 fully saturated rings. The van der Waals surface area contributed by atoms with Crippen molar-refractivity contribution in [1.29, 1.82) is 0 Å².